The fourth-order valence-electron chi connectivity index (χ4n) is 2.06. The van der Waals surface area contributed by atoms with Gasteiger partial charge < -0.3 is 14.6 Å². The average Bonchev–Trinajstić information content (AvgIpc) is 2.64. The molecule has 1 aromatic rings. The van der Waals surface area contributed by atoms with Crippen molar-refractivity contribution in [1.82, 2.24) is 14.9 Å². The monoisotopic (exact) mass is 223 g/mol. The van der Waals surface area contributed by atoms with Gasteiger partial charge in [0.25, 0.3) is 0 Å². The van der Waals surface area contributed by atoms with Gasteiger partial charge in [0.05, 0.1) is 12.9 Å². The summed E-state index contributed by atoms with van der Waals surface area (Å²) in [5.41, 5.74) is 1.42. The van der Waals surface area contributed by atoms with E-state index in [1.807, 2.05) is 12.5 Å². The zero-order valence-electron chi connectivity index (χ0n) is 9.98. The Morgan fingerprint density at radius 3 is 3.06 bits per heavy atom. The third kappa shape index (κ3) is 2.83. The number of hydrogen-bond donors (Lipinski definition) is 1. The number of methoxy groups -OCH3 is 1. The third-order valence-electron chi connectivity index (χ3n) is 3.28. The maximum atomic E-state index is 4.99. The van der Waals surface area contributed by atoms with Gasteiger partial charge in [-0.2, -0.15) is 0 Å². The fourth-order valence-corrected chi connectivity index (χ4v) is 2.06. The summed E-state index contributed by atoms with van der Waals surface area (Å²) in [5, 5.41) is 3.35. The van der Waals surface area contributed by atoms with E-state index in [-0.39, 0.29) is 0 Å². The van der Waals surface area contributed by atoms with E-state index in [0.29, 0.717) is 0 Å². The van der Waals surface area contributed by atoms with Crippen molar-refractivity contribution in [2.45, 2.75) is 31.7 Å². The summed E-state index contributed by atoms with van der Waals surface area (Å²) in [5.74, 6) is 0.765. The number of ether oxygens (including phenoxy) is 1. The summed E-state index contributed by atoms with van der Waals surface area (Å²) in [6.07, 6.45) is 8.03. The first-order chi connectivity index (χ1) is 7.92. The number of aromatic nitrogens is 2. The van der Waals surface area contributed by atoms with Gasteiger partial charge in [-0.25, -0.2) is 4.98 Å². The Labute approximate surface area is 97.0 Å². The zero-order chi connectivity index (χ0) is 11.2. The van der Waals surface area contributed by atoms with Crippen LogP contribution in [0.15, 0.2) is 12.5 Å². The van der Waals surface area contributed by atoms with E-state index in [4.69, 9.17) is 4.74 Å². The van der Waals surface area contributed by atoms with Gasteiger partial charge in [0.15, 0.2) is 0 Å². The second-order valence-corrected chi connectivity index (χ2v) is 4.38. The first kappa shape index (κ1) is 11.6. The molecule has 0 aromatic carbocycles. The van der Waals surface area contributed by atoms with E-state index in [1.54, 1.807) is 7.11 Å². The molecular formula is C12H21N3O. The minimum Gasteiger partial charge on any atom is -0.383 e. The predicted octanol–water partition coefficient (Wildman–Crippen LogP) is 1.39. The quantitative estimate of drug-likeness (QED) is 0.710. The van der Waals surface area contributed by atoms with E-state index in [0.717, 1.165) is 32.2 Å². The molecule has 0 saturated heterocycles. The van der Waals surface area contributed by atoms with Gasteiger partial charge in [-0.05, 0) is 12.8 Å². The molecule has 2 rings (SSSR count). The van der Waals surface area contributed by atoms with E-state index in [2.05, 4.69) is 14.9 Å². The molecule has 0 radical (unpaired) electrons. The minimum atomic E-state index is 0.765. The molecule has 1 aromatic heterocycles. The molecule has 1 aliphatic rings. The van der Waals surface area contributed by atoms with Crippen LogP contribution in [0.2, 0.25) is 0 Å². The van der Waals surface area contributed by atoms with Gasteiger partial charge in [0.1, 0.15) is 0 Å². The molecule has 90 valence electrons. The van der Waals surface area contributed by atoms with Crippen molar-refractivity contribution < 1.29 is 4.74 Å². The molecule has 16 heavy (non-hydrogen) atoms. The van der Waals surface area contributed by atoms with Crippen LogP contribution in [0.3, 0.4) is 0 Å². The number of rotatable bonds is 7. The molecule has 1 aliphatic carbocycles. The van der Waals surface area contributed by atoms with Gasteiger partial charge in [0, 0.05) is 44.6 Å². The van der Waals surface area contributed by atoms with E-state index in [1.165, 1.54) is 25.0 Å². The summed E-state index contributed by atoms with van der Waals surface area (Å²) in [4.78, 5) is 4.25. The van der Waals surface area contributed by atoms with Crippen molar-refractivity contribution in [2.24, 2.45) is 0 Å². The molecule has 0 unspecified atom stereocenters. The lowest BCUT2D eigenvalue weighted by atomic mass is 9.83. The molecule has 0 aliphatic heterocycles. The van der Waals surface area contributed by atoms with E-state index < -0.39 is 0 Å². The molecule has 0 spiro atoms. The molecule has 0 amide bonds. The highest BCUT2D eigenvalue weighted by molar-refractivity contribution is 5.09. The highest BCUT2D eigenvalue weighted by Crippen LogP contribution is 2.35. The summed E-state index contributed by atoms with van der Waals surface area (Å²) >= 11 is 0. The smallest absolute Gasteiger partial charge is 0.0948 e. The number of nitrogens with zero attached hydrogens (tertiary/aromatic N) is 2. The number of imidazole rings is 1. The maximum Gasteiger partial charge on any atom is 0.0948 e. The lowest BCUT2D eigenvalue weighted by Gasteiger charge is -2.26. The summed E-state index contributed by atoms with van der Waals surface area (Å²) < 4.78 is 7.27. The Morgan fingerprint density at radius 1 is 1.50 bits per heavy atom. The zero-order valence-corrected chi connectivity index (χ0v) is 9.98. The molecule has 0 atom stereocenters. The van der Waals surface area contributed by atoms with Crippen LogP contribution in [0.1, 0.15) is 30.9 Å². The van der Waals surface area contributed by atoms with Crippen molar-refractivity contribution in [2.75, 3.05) is 26.8 Å². The molecule has 1 saturated carbocycles. The Bertz CT molecular complexity index is 307. The van der Waals surface area contributed by atoms with Crippen molar-refractivity contribution in [3.05, 3.63) is 18.2 Å². The molecule has 1 fully saturated rings. The topological polar surface area (TPSA) is 39.1 Å². The van der Waals surface area contributed by atoms with Crippen LogP contribution >= 0.6 is 0 Å². The normalized spacial score (nSPS) is 16.3. The first-order valence-corrected chi connectivity index (χ1v) is 6.11. The SMILES string of the molecule is COCCNCCn1cncc1C1CCC1. The minimum absolute atomic E-state index is 0.765. The van der Waals surface area contributed by atoms with E-state index >= 15 is 0 Å². The van der Waals surface area contributed by atoms with Crippen molar-refractivity contribution in [3.63, 3.8) is 0 Å². The highest BCUT2D eigenvalue weighted by atomic mass is 16.5. The van der Waals surface area contributed by atoms with Gasteiger partial charge in [-0.15, -0.1) is 0 Å². The van der Waals surface area contributed by atoms with Crippen LogP contribution in [0, 0.1) is 0 Å². The second-order valence-electron chi connectivity index (χ2n) is 4.38. The van der Waals surface area contributed by atoms with Crippen LogP contribution in [0.25, 0.3) is 0 Å². The average molecular weight is 223 g/mol. The molecule has 1 heterocycles. The van der Waals surface area contributed by atoms with Gasteiger partial charge in [-0.3, -0.25) is 0 Å². The third-order valence-corrected chi connectivity index (χ3v) is 3.28. The molecule has 0 bridgehead atoms. The van der Waals surface area contributed by atoms with Crippen LogP contribution in [0.5, 0.6) is 0 Å². The summed E-state index contributed by atoms with van der Waals surface area (Å²) in [7, 11) is 1.73. The highest BCUT2D eigenvalue weighted by Gasteiger charge is 2.22. The largest absolute Gasteiger partial charge is 0.383 e. The van der Waals surface area contributed by atoms with Gasteiger partial charge >= 0.3 is 0 Å². The second kappa shape index (κ2) is 6.01. The fraction of sp³-hybridized carbons (Fsp3) is 0.750. The number of nitrogens with one attached hydrogen (secondary N) is 1. The van der Waals surface area contributed by atoms with Crippen molar-refractivity contribution in [3.8, 4) is 0 Å². The lowest BCUT2D eigenvalue weighted by molar-refractivity contribution is 0.199. The Hall–Kier alpha value is -0.870. The molecular weight excluding hydrogens is 202 g/mol. The molecule has 4 heteroatoms. The van der Waals surface area contributed by atoms with Crippen LogP contribution in [-0.2, 0) is 11.3 Å². The predicted molar refractivity (Wildman–Crippen MR) is 63.6 cm³/mol. The lowest BCUT2D eigenvalue weighted by Crippen LogP contribution is -2.25. The van der Waals surface area contributed by atoms with Crippen LogP contribution in [-0.4, -0.2) is 36.4 Å². The molecule has 1 N–H and O–H groups in total. The Kier molecular flexibility index (Phi) is 4.36. The van der Waals surface area contributed by atoms with E-state index in [9.17, 15) is 0 Å². The molecule has 4 nitrogen and oxygen atoms in total. The van der Waals surface area contributed by atoms with Crippen LogP contribution < -0.4 is 5.32 Å². The number of hydrogen-bond acceptors (Lipinski definition) is 3. The van der Waals surface area contributed by atoms with Crippen LogP contribution in [0.4, 0.5) is 0 Å². The van der Waals surface area contributed by atoms with Gasteiger partial charge in [0.2, 0.25) is 0 Å². The van der Waals surface area contributed by atoms with Gasteiger partial charge in [-0.1, -0.05) is 6.42 Å². The van der Waals surface area contributed by atoms with Crippen molar-refractivity contribution in [1.29, 1.82) is 0 Å². The standard InChI is InChI=1S/C12H21N3O/c1-16-8-6-13-5-7-15-10-14-9-12(15)11-3-2-4-11/h9-11,13H,2-8H2,1H3. The Morgan fingerprint density at radius 2 is 2.38 bits per heavy atom. The Balaban J connectivity index is 1.73. The first-order valence-electron chi connectivity index (χ1n) is 6.11. The summed E-state index contributed by atoms with van der Waals surface area (Å²) in [6, 6.07) is 0. The maximum absolute atomic E-state index is 4.99. The summed E-state index contributed by atoms with van der Waals surface area (Å²) in [6.45, 7) is 3.69. The van der Waals surface area contributed by atoms with Crippen molar-refractivity contribution >= 4 is 0 Å².